The second-order valence-corrected chi connectivity index (χ2v) is 8.57. The van der Waals surface area contributed by atoms with Crippen molar-refractivity contribution in [1.82, 2.24) is 9.97 Å². The van der Waals surface area contributed by atoms with Gasteiger partial charge in [0.05, 0.1) is 24.6 Å². The highest BCUT2D eigenvalue weighted by Crippen LogP contribution is 2.35. The lowest BCUT2D eigenvalue weighted by Crippen LogP contribution is -2.10. The van der Waals surface area contributed by atoms with E-state index in [1.54, 1.807) is 38.5 Å². The number of nitrogens with one attached hydrogen (secondary N) is 1. The Hall–Kier alpha value is -2.87. The van der Waals surface area contributed by atoms with Crippen LogP contribution < -0.4 is 14.8 Å². The zero-order chi connectivity index (χ0) is 20.5. The van der Waals surface area contributed by atoms with Crippen molar-refractivity contribution in [3.63, 3.8) is 0 Å². The van der Waals surface area contributed by atoms with E-state index in [-0.39, 0.29) is 6.04 Å². The maximum Gasteiger partial charge on any atom is 0.175 e. The minimum absolute atomic E-state index is 0.0980. The van der Waals surface area contributed by atoms with Crippen LogP contribution >= 0.6 is 0 Å². The quantitative estimate of drug-likeness (QED) is 0.676. The van der Waals surface area contributed by atoms with Gasteiger partial charge in [-0.2, -0.15) is 0 Å². The number of nitrogens with zero attached hydrogens (tertiary/aromatic N) is 2. The molecule has 0 bridgehead atoms. The lowest BCUT2D eigenvalue weighted by molar-refractivity contribution is 0.356. The summed E-state index contributed by atoms with van der Waals surface area (Å²) < 4.78 is 34.1. The van der Waals surface area contributed by atoms with Crippen LogP contribution in [0, 0.1) is 6.92 Å². The van der Waals surface area contributed by atoms with Crippen LogP contribution in [0.2, 0.25) is 0 Å². The molecule has 0 aliphatic rings. The van der Waals surface area contributed by atoms with Gasteiger partial charge in [-0.25, -0.2) is 18.4 Å². The largest absolute Gasteiger partial charge is 0.493 e. The van der Waals surface area contributed by atoms with E-state index in [9.17, 15) is 8.42 Å². The Morgan fingerprint density at radius 3 is 2.18 bits per heavy atom. The second-order valence-electron chi connectivity index (χ2n) is 6.55. The van der Waals surface area contributed by atoms with Crippen LogP contribution in [0.1, 0.15) is 24.4 Å². The van der Waals surface area contributed by atoms with Crippen molar-refractivity contribution in [3.8, 4) is 11.5 Å². The van der Waals surface area contributed by atoms with Gasteiger partial charge in [0.15, 0.2) is 21.3 Å². The van der Waals surface area contributed by atoms with Crippen LogP contribution in [0.4, 0.5) is 5.82 Å². The third-order valence-corrected chi connectivity index (χ3v) is 5.60. The van der Waals surface area contributed by atoms with E-state index < -0.39 is 9.84 Å². The Labute approximate surface area is 164 Å². The fourth-order valence-electron chi connectivity index (χ4n) is 2.97. The minimum atomic E-state index is -3.22. The summed E-state index contributed by atoms with van der Waals surface area (Å²) >= 11 is 0. The summed E-state index contributed by atoms with van der Waals surface area (Å²) in [6.45, 7) is 3.81. The Bertz CT molecular complexity index is 1110. The molecule has 2 aromatic carbocycles. The average Bonchev–Trinajstić information content (AvgIpc) is 2.66. The summed E-state index contributed by atoms with van der Waals surface area (Å²) in [5.74, 6) is 2.49. The molecule has 0 aliphatic heterocycles. The third kappa shape index (κ3) is 4.01. The van der Waals surface area contributed by atoms with Crippen molar-refractivity contribution in [2.24, 2.45) is 0 Å². The van der Waals surface area contributed by atoms with Gasteiger partial charge >= 0.3 is 0 Å². The van der Waals surface area contributed by atoms with Crippen molar-refractivity contribution in [2.45, 2.75) is 24.8 Å². The molecule has 0 radical (unpaired) electrons. The highest BCUT2D eigenvalue weighted by Gasteiger charge is 2.15. The van der Waals surface area contributed by atoms with E-state index in [2.05, 4.69) is 15.3 Å². The maximum atomic E-state index is 11.6. The van der Waals surface area contributed by atoms with Gasteiger partial charge in [0.25, 0.3) is 0 Å². The summed E-state index contributed by atoms with van der Waals surface area (Å²) in [4.78, 5) is 9.32. The van der Waals surface area contributed by atoms with Crippen molar-refractivity contribution in [1.29, 1.82) is 0 Å². The number of sulfone groups is 1. The SMILES string of the molecule is COc1cc2nc(C)nc(NC(C)c3ccc(S(C)(=O)=O)cc3)c2cc1OC. The molecular formula is C20H23N3O4S. The minimum Gasteiger partial charge on any atom is -0.493 e. The second kappa shape index (κ2) is 7.63. The first-order valence-corrected chi connectivity index (χ1v) is 10.6. The number of ether oxygens (including phenoxy) is 2. The molecule has 1 aromatic heterocycles. The molecule has 0 fully saturated rings. The molecule has 3 rings (SSSR count). The molecule has 1 atom stereocenters. The van der Waals surface area contributed by atoms with E-state index in [1.165, 1.54) is 6.26 Å². The van der Waals surface area contributed by atoms with Crippen molar-refractivity contribution in [2.75, 3.05) is 25.8 Å². The number of benzene rings is 2. The number of rotatable bonds is 6. The summed E-state index contributed by atoms with van der Waals surface area (Å²) in [5.41, 5.74) is 1.68. The number of anilines is 1. The summed E-state index contributed by atoms with van der Waals surface area (Å²) in [6.07, 6.45) is 1.20. The monoisotopic (exact) mass is 401 g/mol. The number of aryl methyl sites for hydroxylation is 1. The molecule has 148 valence electrons. The van der Waals surface area contributed by atoms with Gasteiger partial charge in [-0.05, 0) is 37.6 Å². The van der Waals surface area contributed by atoms with E-state index >= 15 is 0 Å². The first-order valence-electron chi connectivity index (χ1n) is 8.70. The number of methoxy groups -OCH3 is 2. The lowest BCUT2D eigenvalue weighted by Gasteiger charge is -2.18. The molecule has 28 heavy (non-hydrogen) atoms. The Morgan fingerprint density at radius 1 is 1.00 bits per heavy atom. The predicted octanol–water partition coefficient (Wildman–Crippen LogP) is 3.53. The van der Waals surface area contributed by atoms with Gasteiger partial charge in [-0.1, -0.05) is 12.1 Å². The standard InChI is InChI=1S/C20H23N3O4S/c1-12(14-6-8-15(9-7-14)28(5,24)25)21-20-16-10-18(26-3)19(27-4)11-17(16)22-13(2)23-20/h6-12H,1-5H3,(H,21,22,23). The molecular weight excluding hydrogens is 378 g/mol. The molecule has 0 saturated carbocycles. The molecule has 0 saturated heterocycles. The fourth-order valence-corrected chi connectivity index (χ4v) is 3.60. The molecule has 1 heterocycles. The van der Waals surface area contributed by atoms with E-state index in [4.69, 9.17) is 9.47 Å². The predicted molar refractivity (Wildman–Crippen MR) is 109 cm³/mol. The Kier molecular flexibility index (Phi) is 5.42. The van der Waals surface area contributed by atoms with Crippen molar-refractivity contribution < 1.29 is 17.9 Å². The first kappa shape index (κ1) is 19.9. The van der Waals surface area contributed by atoms with Gasteiger partial charge in [0.1, 0.15) is 11.6 Å². The van der Waals surface area contributed by atoms with Crippen LogP contribution in [0.5, 0.6) is 11.5 Å². The highest BCUT2D eigenvalue weighted by atomic mass is 32.2. The topological polar surface area (TPSA) is 90.4 Å². The normalized spacial score (nSPS) is 12.6. The molecule has 0 aliphatic carbocycles. The van der Waals surface area contributed by atoms with Gasteiger partial charge in [-0.3, -0.25) is 0 Å². The smallest absolute Gasteiger partial charge is 0.175 e. The summed E-state index contributed by atoms with van der Waals surface area (Å²) in [5, 5.41) is 4.20. The summed E-state index contributed by atoms with van der Waals surface area (Å²) in [7, 11) is -0.0561. The fraction of sp³-hybridized carbons (Fsp3) is 0.300. The number of fused-ring (bicyclic) bond motifs is 1. The summed E-state index contributed by atoms with van der Waals surface area (Å²) in [6, 6.07) is 10.4. The van der Waals surface area contributed by atoms with Crippen LogP contribution in [0.15, 0.2) is 41.3 Å². The maximum absolute atomic E-state index is 11.6. The number of hydrogen-bond acceptors (Lipinski definition) is 7. The van der Waals surface area contributed by atoms with Gasteiger partial charge in [0.2, 0.25) is 0 Å². The molecule has 7 nitrogen and oxygen atoms in total. The van der Waals surface area contributed by atoms with Crippen LogP contribution in [-0.2, 0) is 9.84 Å². The van der Waals surface area contributed by atoms with Gasteiger partial charge in [0, 0.05) is 23.8 Å². The van der Waals surface area contributed by atoms with Gasteiger partial charge in [-0.15, -0.1) is 0 Å². The van der Waals surface area contributed by atoms with Crippen molar-refractivity contribution in [3.05, 3.63) is 47.8 Å². The molecule has 3 aromatic rings. The van der Waals surface area contributed by atoms with Crippen LogP contribution in [0.25, 0.3) is 10.9 Å². The van der Waals surface area contributed by atoms with Crippen LogP contribution in [0.3, 0.4) is 0 Å². The Morgan fingerprint density at radius 2 is 1.61 bits per heavy atom. The molecule has 8 heteroatoms. The lowest BCUT2D eigenvalue weighted by atomic mass is 10.1. The van der Waals surface area contributed by atoms with E-state index in [0.29, 0.717) is 28.0 Å². The van der Waals surface area contributed by atoms with Gasteiger partial charge < -0.3 is 14.8 Å². The van der Waals surface area contributed by atoms with E-state index in [1.807, 2.05) is 26.0 Å². The highest BCUT2D eigenvalue weighted by molar-refractivity contribution is 7.90. The zero-order valence-electron chi connectivity index (χ0n) is 16.5. The average molecular weight is 401 g/mol. The third-order valence-electron chi connectivity index (χ3n) is 4.47. The molecule has 0 spiro atoms. The Balaban J connectivity index is 1.99. The zero-order valence-corrected chi connectivity index (χ0v) is 17.3. The van der Waals surface area contributed by atoms with Crippen molar-refractivity contribution >= 4 is 26.6 Å². The molecule has 1 N–H and O–H groups in total. The number of hydrogen-bond donors (Lipinski definition) is 1. The molecule has 1 unspecified atom stereocenters. The van der Waals surface area contributed by atoms with Crippen LogP contribution in [-0.4, -0.2) is 38.9 Å². The first-order chi connectivity index (χ1) is 13.2. The van der Waals surface area contributed by atoms with E-state index in [0.717, 1.165) is 16.5 Å². The molecule has 0 amide bonds. The number of aromatic nitrogens is 2.